The maximum absolute atomic E-state index is 13.2. The summed E-state index contributed by atoms with van der Waals surface area (Å²) < 4.78 is 62.8. The Kier molecular flexibility index (Phi) is 7.31. The van der Waals surface area contributed by atoms with Crippen molar-refractivity contribution in [3.05, 3.63) is 48.8 Å². The second-order valence-electron chi connectivity index (χ2n) is 9.75. The van der Waals surface area contributed by atoms with Crippen LogP contribution in [0.25, 0.3) is 11.0 Å². The van der Waals surface area contributed by atoms with E-state index in [1.54, 1.807) is 30.5 Å². The predicted molar refractivity (Wildman–Crippen MR) is 141 cm³/mol. The van der Waals surface area contributed by atoms with Crippen molar-refractivity contribution in [3.8, 4) is 5.75 Å². The number of hydrogen-bond donors (Lipinski definition) is 2. The fraction of sp³-hybridized carbons (Fsp3) is 0.440. The number of aliphatic imine (C=N–C) groups is 1. The highest BCUT2D eigenvalue weighted by molar-refractivity contribution is 7.90. The molecule has 1 spiro atoms. The number of fused-ring (bicyclic) bond motifs is 1. The first-order chi connectivity index (χ1) is 18.0. The highest BCUT2D eigenvalue weighted by atomic mass is 32.2. The van der Waals surface area contributed by atoms with E-state index >= 15 is 0 Å². The Morgan fingerprint density at radius 1 is 1.18 bits per heavy atom. The Bertz CT molecular complexity index is 1560. The summed E-state index contributed by atoms with van der Waals surface area (Å²) in [5, 5.41) is 10.3. The number of sulfonamides is 1. The van der Waals surface area contributed by atoms with Crippen molar-refractivity contribution >= 4 is 36.6 Å². The van der Waals surface area contributed by atoms with Gasteiger partial charge in [0.25, 0.3) is 0 Å². The highest BCUT2D eigenvalue weighted by Crippen LogP contribution is 2.36. The number of aliphatic hydroxyl groups excluding tert-OH is 1. The molecule has 0 bridgehead atoms. The lowest BCUT2D eigenvalue weighted by molar-refractivity contribution is -0.0303. The number of rotatable bonds is 8. The summed E-state index contributed by atoms with van der Waals surface area (Å²) in [6, 6.07) is 9.52. The van der Waals surface area contributed by atoms with Crippen LogP contribution in [0.3, 0.4) is 0 Å². The van der Waals surface area contributed by atoms with E-state index in [4.69, 9.17) is 9.47 Å². The van der Waals surface area contributed by atoms with Gasteiger partial charge < -0.3 is 19.6 Å². The Labute approximate surface area is 221 Å². The van der Waals surface area contributed by atoms with E-state index in [1.165, 1.54) is 22.6 Å². The van der Waals surface area contributed by atoms with Crippen LogP contribution in [0.2, 0.25) is 0 Å². The third kappa shape index (κ3) is 5.76. The van der Waals surface area contributed by atoms with Gasteiger partial charge in [0.1, 0.15) is 23.4 Å². The van der Waals surface area contributed by atoms with Crippen LogP contribution in [0.1, 0.15) is 19.3 Å². The van der Waals surface area contributed by atoms with Gasteiger partial charge in [0, 0.05) is 43.9 Å². The second-order valence-corrected chi connectivity index (χ2v) is 13.7. The third-order valence-corrected chi connectivity index (χ3v) is 9.89. The molecule has 13 heteroatoms. The van der Waals surface area contributed by atoms with Gasteiger partial charge in [-0.2, -0.15) is 4.31 Å². The second kappa shape index (κ2) is 10.4. The molecule has 204 valence electrons. The van der Waals surface area contributed by atoms with Gasteiger partial charge in [-0.1, -0.05) is 6.07 Å². The zero-order valence-electron chi connectivity index (χ0n) is 20.9. The van der Waals surface area contributed by atoms with E-state index in [9.17, 15) is 21.9 Å². The largest absolute Gasteiger partial charge is 0.491 e. The molecule has 1 aromatic carbocycles. The van der Waals surface area contributed by atoms with Crippen LogP contribution >= 0.6 is 0 Å². The number of sulfone groups is 1. The molecule has 0 radical (unpaired) electrons. The number of hydrogen-bond acceptors (Lipinski definition) is 9. The summed E-state index contributed by atoms with van der Waals surface area (Å²) in [6.07, 6.45) is 5.04. The number of aromatic nitrogens is 2. The zero-order valence-corrected chi connectivity index (χ0v) is 22.5. The minimum Gasteiger partial charge on any atom is -0.491 e. The summed E-state index contributed by atoms with van der Waals surface area (Å²) >= 11 is 0. The van der Waals surface area contributed by atoms with Crippen LogP contribution in [0.15, 0.2) is 63.6 Å². The Hall–Kier alpha value is -2.84. The van der Waals surface area contributed by atoms with E-state index in [0.29, 0.717) is 55.7 Å². The van der Waals surface area contributed by atoms with Gasteiger partial charge >= 0.3 is 0 Å². The molecule has 0 amide bonds. The Morgan fingerprint density at radius 3 is 2.74 bits per heavy atom. The van der Waals surface area contributed by atoms with Crippen LogP contribution in [0.4, 0.5) is 0 Å². The van der Waals surface area contributed by atoms with Gasteiger partial charge in [-0.15, -0.1) is 0 Å². The SMILES string of the molecule is CS(=O)(=O)c1cccc(OC[C@@H](O)CN=C2COC3(CCN(S(=O)(=O)c4cnc5cc[nH]c5c4)CC3)C2)c1. The van der Waals surface area contributed by atoms with Gasteiger partial charge in [0.05, 0.1) is 34.7 Å². The van der Waals surface area contributed by atoms with Crippen LogP contribution in [0, 0.1) is 0 Å². The van der Waals surface area contributed by atoms with Crippen LogP contribution in [-0.2, 0) is 24.6 Å². The van der Waals surface area contributed by atoms with Gasteiger partial charge in [-0.3, -0.25) is 9.98 Å². The summed E-state index contributed by atoms with van der Waals surface area (Å²) in [6.45, 7) is 1.09. The molecule has 4 heterocycles. The number of H-pyrrole nitrogens is 1. The molecule has 38 heavy (non-hydrogen) atoms. The van der Waals surface area contributed by atoms with Crippen LogP contribution in [-0.4, -0.2) is 92.7 Å². The number of ether oxygens (including phenoxy) is 2. The molecule has 2 saturated heterocycles. The van der Waals surface area contributed by atoms with Crippen molar-refractivity contribution in [1.29, 1.82) is 0 Å². The normalized spacial score (nSPS) is 20.3. The summed E-state index contributed by atoms with van der Waals surface area (Å²) in [7, 11) is -7.02. The Balaban J connectivity index is 1.13. The first-order valence-electron chi connectivity index (χ1n) is 12.2. The van der Waals surface area contributed by atoms with Crippen molar-refractivity contribution < 1.29 is 31.4 Å². The first kappa shape index (κ1) is 26.8. The molecule has 5 rings (SSSR count). The molecule has 1 atom stereocenters. The molecule has 0 saturated carbocycles. The van der Waals surface area contributed by atoms with E-state index in [2.05, 4.69) is 15.0 Å². The van der Waals surface area contributed by atoms with E-state index in [0.717, 1.165) is 12.0 Å². The molecule has 2 N–H and O–H groups in total. The molecule has 0 aliphatic carbocycles. The van der Waals surface area contributed by atoms with Crippen LogP contribution < -0.4 is 4.74 Å². The predicted octanol–water partition coefficient (Wildman–Crippen LogP) is 1.79. The molecule has 2 fully saturated rings. The first-order valence-corrected chi connectivity index (χ1v) is 15.6. The zero-order chi connectivity index (χ0) is 27.0. The van der Waals surface area contributed by atoms with Crippen molar-refractivity contribution in [2.24, 2.45) is 4.99 Å². The summed E-state index contributed by atoms with van der Waals surface area (Å²) in [5.74, 6) is 0.355. The average molecular weight is 563 g/mol. The summed E-state index contributed by atoms with van der Waals surface area (Å²) in [5.41, 5.74) is 1.75. The molecular formula is C25H30N4O7S2. The average Bonchev–Trinajstić information content (AvgIpc) is 3.53. The highest BCUT2D eigenvalue weighted by Gasteiger charge is 2.43. The standard InChI is InChI=1S/C25H30N4O7S2/c1-37(31,32)21-4-2-3-20(11-21)35-17-19(30)14-27-18-13-25(36-16-18)6-9-29(10-7-25)38(33,34)22-12-24-23(28-15-22)5-8-26-24/h2-5,8,11-12,15,19,26,30H,6-7,9-10,13-14,16-17H2,1H3/t19-/m0/s1. The Morgan fingerprint density at radius 2 is 1.97 bits per heavy atom. The number of pyridine rings is 1. The van der Waals surface area contributed by atoms with Crippen molar-refractivity contribution in [2.45, 2.75) is 40.8 Å². The molecular weight excluding hydrogens is 532 g/mol. The number of aliphatic hydroxyl groups is 1. The van der Waals surface area contributed by atoms with Gasteiger partial charge in [0.2, 0.25) is 10.0 Å². The molecule has 2 aliphatic rings. The lowest BCUT2D eigenvalue weighted by atomic mass is 9.89. The monoisotopic (exact) mass is 562 g/mol. The number of nitrogens with one attached hydrogen (secondary N) is 1. The maximum atomic E-state index is 13.2. The molecule has 11 nitrogen and oxygen atoms in total. The van der Waals surface area contributed by atoms with Gasteiger partial charge in [-0.25, -0.2) is 16.8 Å². The van der Waals surface area contributed by atoms with E-state index in [-0.39, 0.29) is 22.9 Å². The molecule has 3 aromatic rings. The number of nitrogens with zero attached hydrogens (tertiary/aromatic N) is 3. The maximum Gasteiger partial charge on any atom is 0.244 e. The molecule has 0 unspecified atom stereocenters. The molecule has 2 aliphatic heterocycles. The van der Waals surface area contributed by atoms with Crippen molar-refractivity contribution in [3.63, 3.8) is 0 Å². The topological polar surface area (TPSA) is 151 Å². The van der Waals surface area contributed by atoms with Crippen molar-refractivity contribution in [1.82, 2.24) is 14.3 Å². The fourth-order valence-electron chi connectivity index (χ4n) is 4.75. The molecule has 2 aromatic heterocycles. The lowest BCUT2D eigenvalue weighted by Crippen LogP contribution is -2.46. The van der Waals surface area contributed by atoms with Gasteiger partial charge in [-0.05, 0) is 43.2 Å². The fourth-order valence-corrected chi connectivity index (χ4v) is 6.82. The van der Waals surface area contributed by atoms with Gasteiger partial charge in [0.15, 0.2) is 9.84 Å². The smallest absolute Gasteiger partial charge is 0.244 e. The van der Waals surface area contributed by atoms with E-state index < -0.39 is 31.6 Å². The van der Waals surface area contributed by atoms with Crippen molar-refractivity contribution in [2.75, 3.05) is 39.1 Å². The van der Waals surface area contributed by atoms with E-state index in [1.807, 2.05) is 0 Å². The van der Waals surface area contributed by atoms with Crippen LogP contribution in [0.5, 0.6) is 5.75 Å². The minimum atomic E-state index is -3.67. The number of benzene rings is 1. The quantitative estimate of drug-likeness (QED) is 0.422. The summed E-state index contributed by atoms with van der Waals surface area (Å²) in [4.78, 5) is 12.0. The third-order valence-electron chi connectivity index (χ3n) is 6.92. The number of piperidine rings is 1. The lowest BCUT2D eigenvalue weighted by Gasteiger charge is -2.37. The number of aromatic amines is 1. The minimum absolute atomic E-state index is 0.0358.